The number of para-hydroxylation sites is 1. The highest BCUT2D eigenvalue weighted by Crippen LogP contribution is 2.18. The average Bonchev–Trinajstić information content (AvgIpc) is 2.80. The topological polar surface area (TPSA) is 61.4 Å². The molecular formula is C23H25N5O. The van der Waals surface area contributed by atoms with Crippen LogP contribution in [-0.2, 0) is 6.42 Å². The first-order valence-corrected chi connectivity index (χ1v) is 9.99. The van der Waals surface area contributed by atoms with Crippen LogP contribution in [0.3, 0.4) is 0 Å². The van der Waals surface area contributed by atoms with Gasteiger partial charge in [0.25, 0.3) is 5.91 Å². The largest absolute Gasteiger partial charge is 0.368 e. The van der Waals surface area contributed by atoms with Crippen LogP contribution in [0.4, 0.5) is 11.5 Å². The number of hydrogen-bond donors (Lipinski definition) is 1. The number of carbonyl (C=O) groups excluding carboxylic acids is 1. The highest BCUT2D eigenvalue weighted by atomic mass is 16.1. The van der Waals surface area contributed by atoms with Gasteiger partial charge in [0.15, 0.2) is 0 Å². The van der Waals surface area contributed by atoms with Crippen molar-refractivity contribution in [3.8, 4) is 0 Å². The number of aromatic nitrogens is 2. The Morgan fingerprint density at radius 3 is 2.14 bits per heavy atom. The number of hydrogen-bond acceptors (Lipinski definition) is 5. The minimum Gasteiger partial charge on any atom is -0.368 e. The van der Waals surface area contributed by atoms with Crippen LogP contribution in [0.5, 0.6) is 0 Å². The third-order valence-electron chi connectivity index (χ3n) is 5.14. The summed E-state index contributed by atoms with van der Waals surface area (Å²) >= 11 is 0. The predicted octanol–water partition coefficient (Wildman–Crippen LogP) is 2.78. The first-order chi connectivity index (χ1) is 14.3. The lowest BCUT2D eigenvalue weighted by Crippen LogP contribution is -2.46. The molecule has 1 aliphatic rings. The summed E-state index contributed by atoms with van der Waals surface area (Å²) in [6, 6.07) is 20.5. The molecule has 0 aliphatic carbocycles. The zero-order chi connectivity index (χ0) is 19.9. The van der Waals surface area contributed by atoms with Crippen molar-refractivity contribution in [2.45, 2.75) is 6.42 Å². The highest BCUT2D eigenvalue weighted by molar-refractivity contribution is 5.92. The van der Waals surface area contributed by atoms with Crippen LogP contribution in [0.15, 0.2) is 73.1 Å². The summed E-state index contributed by atoms with van der Waals surface area (Å²) in [5.74, 6) is 0.632. The van der Waals surface area contributed by atoms with Gasteiger partial charge in [-0.3, -0.25) is 4.79 Å². The fraction of sp³-hybridized carbons (Fsp3) is 0.261. The van der Waals surface area contributed by atoms with Gasteiger partial charge in [0.2, 0.25) is 0 Å². The number of piperazine rings is 1. The minimum absolute atomic E-state index is 0.186. The Labute approximate surface area is 171 Å². The molecule has 1 amide bonds. The summed E-state index contributed by atoms with van der Waals surface area (Å²) in [4.78, 5) is 25.7. The maximum Gasteiger partial charge on any atom is 0.271 e. The number of anilines is 2. The summed E-state index contributed by atoms with van der Waals surface area (Å²) in [7, 11) is 0. The van der Waals surface area contributed by atoms with E-state index in [1.807, 2.05) is 24.3 Å². The van der Waals surface area contributed by atoms with E-state index in [0.717, 1.165) is 38.4 Å². The van der Waals surface area contributed by atoms with Crippen LogP contribution >= 0.6 is 0 Å². The minimum atomic E-state index is -0.186. The molecule has 0 saturated carbocycles. The van der Waals surface area contributed by atoms with Crippen molar-refractivity contribution in [2.24, 2.45) is 0 Å². The van der Waals surface area contributed by atoms with Gasteiger partial charge < -0.3 is 15.1 Å². The Hall–Kier alpha value is -3.41. The lowest BCUT2D eigenvalue weighted by Gasteiger charge is -2.36. The molecule has 1 fully saturated rings. The fourth-order valence-corrected chi connectivity index (χ4v) is 3.49. The van der Waals surface area contributed by atoms with E-state index in [9.17, 15) is 4.79 Å². The molecule has 0 unspecified atom stereocenters. The number of nitrogens with zero attached hydrogens (tertiary/aromatic N) is 4. The fourth-order valence-electron chi connectivity index (χ4n) is 3.49. The van der Waals surface area contributed by atoms with Gasteiger partial charge in [-0.1, -0.05) is 48.5 Å². The summed E-state index contributed by atoms with van der Waals surface area (Å²) in [5.41, 5.74) is 2.80. The Morgan fingerprint density at radius 2 is 1.48 bits per heavy atom. The molecule has 0 spiro atoms. The number of benzene rings is 2. The molecular weight excluding hydrogens is 362 g/mol. The summed E-state index contributed by atoms with van der Waals surface area (Å²) in [6.07, 6.45) is 4.06. The van der Waals surface area contributed by atoms with Gasteiger partial charge in [-0.25, -0.2) is 9.97 Å². The SMILES string of the molecule is O=C(NCCc1ccccc1)c1cnc(N2CCN(c3ccccc3)CC2)cn1. The summed E-state index contributed by atoms with van der Waals surface area (Å²) in [6.45, 7) is 4.22. The molecule has 1 N–H and O–H groups in total. The molecule has 1 aliphatic heterocycles. The molecule has 0 radical (unpaired) electrons. The second-order valence-electron chi connectivity index (χ2n) is 7.06. The van der Waals surface area contributed by atoms with Gasteiger partial charge in [-0.05, 0) is 24.1 Å². The summed E-state index contributed by atoms with van der Waals surface area (Å²) < 4.78 is 0. The monoisotopic (exact) mass is 387 g/mol. The molecule has 6 heteroatoms. The first-order valence-electron chi connectivity index (χ1n) is 9.99. The number of nitrogens with one attached hydrogen (secondary N) is 1. The standard InChI is InChI=1S/C23H25N5O/c29-23(24-12-11-19-7-3-1-4-8-19)21-17-26-22(18-25-21)28-15-13-27(14-16-28)20-9-5-2-6-10-20/h1-10,17-18H,11-16H2,(H,24,29). The quantitative estimate of drug-likeness (QED) is 0.705. The van der Waals surface area contributed by atoms with Gasteiger partial charge >= 0.3 is 0 Å². The van der Waals surface area contributed by atoms with E-state index in [0.29, 0.717) is 12.2 Å². The molecule has 3 aromatic rings. The number of rotatable bonds is 6. The van der Waals surface area contributed by atoms with E-state index in [-0.39, 0.29) is 5.91 Å². The molecule has 2 heterocycles. The maximum absolute atomic E-state index is 12.3. The molecule has 1 saturated heterocycles. The van der Waals surface area contributed by atoms with Crippen molar-refractivity contribution in [3.05, 3.63) is 84.3 Å². The Bertz CT molecular complexity index is 907. The van der Waals surface area contributed by atoms with Crippen LogP contribution in [0.25, 0.3) is 0 Å². The van der Waals surface area contributed by atoms with Crippen molar-refractivity contribution < 1.29 is 4.79 Å². The predicted molar refractivity (Wildman–Crippen MR) is 115 cm³/mol. The Kier molecular flexibility index (Phi) is 6.00. The van der Waals surface area contributed by atoms with Crippen molar-refractivity contribution in [1.29, 1.82) is 0 Å². The van der Waals surface area contributed by atoms with Crippen molar-refractivity contribution in [1.82, 2.24) is 15.3 Å². The lowest BCUT2D eigenvalue weighted by molar-refractivity contribution is 0.0949. The highest BCUT2D eigenvalue weighted by Gasteiger charge is 2.19. The normalized spacial score (nSPS) is 13.9. The molecule has 148 valence electrons. The number of amides is 1. The average molecular weight is 387 g/mol. The third-order valence-corrected chi connectivity index (χ3v) is 5.14. The lowest BCUT2D eigenvalue weighted by atomic mass is 10.1. The van der Waals surface area contributed by atoms with Crippen molar-refractivity contribution >= 4 is 17.4 Å². The second-order valence-corrected chi connectivity index (χ2v) is 7.06. The Balaban J connectivity index is 1.27. The van der Waals surface area contributed by atoms with Crippen molar-refractivity contribution in [3.63, 3.8) is 0 Å². The molecule has 2 aromatic carbocycles. The van der Waals surface area contributed by atoms with E-state index >= 15 is 0 Å². The van der Waals surface area contributed by atoms with Gasteiger partial charge in [0.05, 0.1) is 12.4 Å². The van der Waals surface area contributed by atoms with Crippen LogP contribution in [0, 0.1) is 0 Å². The zero-order valence-corrected chi connectivity index (χ0v) is 16.4. The van der Waals surface area contributed by atoms with Gasteiger partial charge in [-0.15, -0.1) is 0 Å². The third kappa shape index (κ3) is 4.90. The second kappa shape index (κ2) is 9.19. The molecule has 4 rings (SSSR count). The van der Waals surface area contributed by atoms with Crippen molar-refractivity contribution in [2.75, 3.05) is 42.5 Å². The van der Waals surface area contributed by atoms with Gasteiger partial charge in [-0.2, -0.15) is 0 Å². The van der Waals surface area contributed by atoms with Crippen LogP contribution in [-0.4, -0.2) is 48.6 Å². The van der Waals surface area contributed by atoms with Crippen LogP contribution in [0.1, 0.15) is 16.1 Å². The molecule has 6 nitrogen and oxygen atoms in total. The van der Waals surface area contributed by atoms with E-state index in [4.69, 9.17) is 0 Å². The van der Waals surface area contributed by atoms with Gasteiger partial charge in [0, 0.05) is 38.4 Å². The molecule has 1 aromatic heterocycles. The van der Waals surface area contributed by atoms with E-state index in [2.05, 4.69) is 61.5 Å². The zero-order valence-electron chi connectivity index (χ0n) is 16.4. The smallest absolute Gasteiger partial charge is 0.271 e. The molecule has 29 heavy (non-hydrogen) atoms. The van der Waals surface area contributed by atoms with Crippen LogP contribution < -0.4 is 15.1 Å². The number of carbonyl (C=O) groups is 1. The Morgan fingerprint density at radius 1 is 0.828 bits per heavy atom. The molecule has 0 bridgehead atoms. The van der Waals surface area contributed by atoms with Gasteiger partial charge in [0.1, 0.15) is 11.5 Å². The maximum atomic E-state index is 12.3. The first kappa shape index (κ1) is 18.9. The van der Waals surface area contributed by atoms with Crippen LogP contribution in [0.2, 0.25) is 0 Å². The summed E-state index contributed by atoms with van der Waals surface area (Å²) in [5, 5.41) is 2.91. The molecule has 0 atom stereocenters. The van der Waals surface area contributed by atoms with E-state index in [1.54, 1.807) is 12.4 Å². The van der Waals surface area contributed by atoms with E-state index < -0.39 is 0 Å². The van der Waals surface area contributed by atoms with E-state index in [1.165, 1.54) is 11.3 Å².